The number of pyridine rings is 1. The van der Waals surface area contributed by atoms with Crippen molar-refractivity contribution in [2.24, 2.45) is 0 Å². The first-order valence-corrected chi connectivity index (χ1v) is 7.48. The van der Waals surface area contributed by atoms with E-state index in [2.05, 4.69) is 26.2 Å². The normalized spacial score (nSPS) is 12.4. The molecule has 20 heavy (non-hydrogen) atoms. The van der Waals surface area contributed by atoms with E-state index < -0.39 is 0 Å². The first kappa shape index (κ1) is 15.7. The van der Waals surface area contributed by atoms with E-state index in [1.807, 2.05) is 7.05 Å². The Labute approximate surface area is 135 Å². The SMILES string of the molecule is CNC(Cc1ccc(F)c(Br)c1)c1ncc(Cl)cc1Cl. The first-order chi connectivity index (χ1) is 9.51. The van der Waals surface area contributed by atoms with Crippen LogP contribution in [0, 0.1) is 5.82 Å². The third kappa shape index (κ3) is 3.70. The molecule has 1 unspecified atom stereocenters. The van der Waals surface area contributed by atoms with E-state index in [4.69, 9.17) is 23.2 Å². The summed E-state index contributed by atoms with van der Waals surface area (Å²) in [7, 11) is 1.83. The maximum absolute atomic E-state index is 13.2. The molecule has 0 aliphatic heterocycles. The number of rotatable bonds is 4. The molecule has 1 atom stereocenters. The van der Waals surface area contributed by atoms with Gasteiger partial charge in [0.1, 0.15) is 5.82 Å². The smallest absolute Gasteiger partial charge is 0.137 e. The van der Waals surface area contributed by atoms with Gasteiger partial charge in [0.2, 0.25) is 0 Å². The fourth-order valence-electron chi connectivity index (χ4n) is 1.92. The van der Waals surface area contributed by atoms with Crippen LogP contribution in [0.4, 0.5) is 4.39 Å². The van der Waals surface area contributed by atoms with E-state index in [1.165, 1.54) is 6.07 Å². The molecule has 1 heterocycles. The van der Waals surface area contributed by atoms with Crippen LogP contribution in [0.3, 0.4) is 0 Å². The molecule has 1 aromatic heterocycles. The van der Waals surface area contributed by atoms with Gasteiger partial charge in [-0.3, -0.25) is 4.98 Å². The summed E-state index contributed by atoms with van der Waals surface area (Å²) >= 11 is 15.2. The van der Waals surface area contributed by atoms with Crippen LogP contribution in [0.15, 0.2) is 34.9 Å². The molecule has 106 valence electrons. The second-order valence-corrected chi connectivity index (χ2v) is 6.01. The Morgan fingerprint density at radius 3 is 2.70 bits per heavy atom. The molecular formula is C14H12BrCl2FN2. The summed E-state index contributed by atoms with van der Waals surface area (Å²) in [6.45, 7) is 0. The first-order valence-electron chi connectivity index (χ1n) is 5.93. The van der Waals surface area contributed by atoms with Gasteiger partial charge >= 0.3 is 0 Å². The second-order valence-electron chi connectivity index (χ2n) is 4.31. The fraction of sp³-hybridized carbons (Fsp3) is 0.214. The van der Waals surface area contributed by atoms with Gasteiger partial charge in [0.25, 0.3) is 0 Å². The monoisotopic (exact) mass is 376 g/mol. The lowest BCUT2D eigenvalue weighted by atomic mass is 10.0. The molecule has 0 saturated heterocycles. The predicted molar refractivity (Wildman–Crippen MR) is 83.9 cm³/mol. The molecule has 2 aromatic rings. The number of aromatic nitrogens is 1. The van der Waals surface area contributed by atoms with Gasteiger partial charge in [-0.25, -0.2) is 4.39 Å². The van der Waals surface area contributed by atoms with E-state index in [0.29, 0.717) is 20.9 Å². The van der Waals surface area contributed by atoms with Crippen LogP contribution in [0.25, 0.3) is 0 Å². The number of halogens is 4. The Balaban J connectivity index is 2.26. The molecule has 1 aromatic carbocycles. The standard InChI is InChI=1S/C14H12BrCl2FN2/c1-19-13(14-11(17)6-9(16)7-20-14)5-8-2-3-12(18)10(15)4-8/h2-4,6-7,13,19H,5H2,1H3. The van der Waals surface area contributed by atoms with E-state index in [9.17, 15) is 4.39 Å². The van der Waals surface area contributed by atoms with Crippen LogP contribution in [0.5, 0.6) is 0 Å². The third-order valence-corrected chi connectivity index (χ3v) is 4.06. The number of likely N-dealkylation sites (N-methyl/N-ethyl adjacent to an activating group) is 1. The van der Waals surface area contributed by atoms with Gasteiger partial charge in [0.05, 0.1) is 26.3 Å². The van der Waals surface area contributed by atoms with Crippen molar-refractivity contribution in [3.63, 3.8) is 0 Å². The lowest BCUT2D eigenvalue weighted by molar-refractivity contribution is 0.573. The summed E-state index contributed by atoms with van der Waals surface area (Å²) in [6.07, 6.45) is 2.21. The molecule has 0 bridgehead atoms. The van der Waals surface area contributed by atoms with Crippen LogP contribution in [0.1, 0.15) is 17.3 Å². The van der Waals surface area contributed by atoms with Crippen molar-refractivity contribution in [1.29, 1.82) is 0 Å². The minimum absolute atomic E-state index is 0.0721. The molecule has 0 aliphatic carbocycles. The Kier molecular flexibility index (Phi) is 5.38. The van der Waals surface area contributed by atoms with E-state index in [0.717, 1.165) is 11.3 Å². The molecule has 0 aliphatic rings. The zero-order valence-corrected chi connectivity index (χ0v) is 13.7. The van der Waals surface area contributed by atoms with Crippen molar-refractivity contribution in [3.8, 4) is 0 Å². The maximum atomic E-state index is 13.2. The zero-order chi connectivity index (χ0) is 14.7. The van der Waals surface area contributed by atoms with Crippen molar-refractivity contribution in [3.05, 3.63) is 62.1 Å². The van der Waals surface area contributed by atoms with E-state index in [1.54, 1.807) is 24.4 Å². The molecule has 0 radical (unpaired) electrons. The minimum Gasteiger partial charge on any atom is -0.311 e. The second kappa shape index (κ2) is 6.85. The lowest BCUT2D eigenvalue weighted by Crippen LogP contribution is -2.20. The molecule has 0 saturated carbocycles. The summed E-state index contributed by atoms with van der Waals surface area (Å²) in [5.74, 6) is -0.280. The van der Waals surface area contributed by atoms with E-state index in [-0.39, 0.29) is 11.9 Å². The summed E-state index contributed by atoms with van der Waals surface area (Å²) in [5.41, 5.74) is 1.70. The zero-order valence-electron chi connectivity index (χ0n) is 10.6. The van der Waals surface area contributed by atoms with Gasteiger partial charge in [-0.05, 0) is 53.2 Å². The number of nitrogens with one attached hydrogen (secondary N) is 1. The molecule has 0 spiro atoms. The highest BCUT2D eigenvalue weighted by atomic mass is 79.9. The third-order valence-electron chi connectivity index (χ3n) is 2.94. The highest BCUT2D eigenvalue weighted by molar-refractivity contribution is 9.10. The van der Waals surface area contributed by atoms with Crippen LogP contribution in [-0.4, -0.2) is 12.0 Å². The Hall–Kier alpha value is -0.680. The maximum Gasteiger partial charge on any atom is 0.137 e. The molecule has 0 amide bonds. The lowest BCUT2D eigenvalue weighted by Gasteiger charge is -2.17. The van der Waals surface area contributed by atoms with Crippen molar-refractivity contribution >= 4 is 39.1 Å². The summed E-state index contributed by atoms with van der Waals surface area (Å²) in [5, 5.41) is 4.17. The van der Waals surface area contributed by atoms with Crippen LogP contribution in [-0.2, 0) is 6.42 Å². The molecule has 6 heteroatoms. The van der Waals surface area contributed by atoms with E-state index >= 15 is 0 Å². The quantitative estimate of drug-likeness (QED) is 0.828. The van der Waals surface area contributed by atoms with Crippen molar-refractivity contribution in [2.75, 3.05) is 7.05 Å². The van der Waals surface area contributed by atoms with Crippen molar-refractivity contribution in [1.82, 2.24) is 10.3 Å². The van der Waals surface area contributed by atoms with Crippen molar-refractivity contribution < 1.29 is 4.39 Å². The summed E-state index contributed by atoms with van der Waals surface area (Å²) < 4.78 is 13.7. The number of hydrogen-bond donors (Lipinski definition) is 1. The van der Waals surface area contributed by atoms with Crippen LogP contribution >= 0.6 is 39.1 Å². The summed E-state index contributed by atoms with van der Waals surface area (Å²) in [6, 6.07) is 6.52. The molecule has 0 fully saturated rings. The summed E-state index contributed by atoms with van der Waals surface area (Å²) in [4.78, 5) is 4.27. The molecule has 2 rings (SSSR count). The van der Waals surface area contributed by atoms with Crippen LogP contribution in [0.2, 0.25) is 10.0 Å². The average molecular weight is 378 g/mol. The van der Waals surface area contributed by atoms with Gasteiger partial charge in [-0.2, -0.15) is 0 Å². The largest absolute Gasteiger partial charge is 0.311 e. The van der Waals surface area contributed by atoms with Gasteiger partial charge in [0.15, 0.2) is 0 Å². The highest BCUT2D eigenvalue weighted by Gasteiger charge is 2.16. The Bertz CT molecular complexity index is 622. The number of nitrogens with zero attached hydrogens (tertiary/aromatic N) is 1. The Morgan fingerprint density at radius 2 is 2.10 bits per heavy atom. The van der Waals surface area contributed by atoms with Gasteiger partial charge in [0, 0.05) is 6.20 Å². The Morgan fingerprint density at radius 1 is 1.35 bits per heavy atom. The predicted octanol–water partition coefficient (Wildman–Crippen LogP) is 4.79. The van der Waals surface area contributed by atoms with Crippen molar-refractivity contribution in [2.45, 2.75) is 12.5 Å². The number of hydrogen-bond acceptors (Lipinski definition) is 2. The van der Waals surface area contributed by atoms with Gasteiger partial charge in [-0.1, -0.05) is 29.3 Å². The fourth-order valence-corrected chi connectivity index (χ4v) is 2.86. The van der Waals surface area contributed by atoms with Crippen LogP contribution < -0.4 is 5.32 Å². The minimum atomic E-state index is -0.280. The molecule has 2 nitrogen and oxygen atoms in total. The highest BCUT2D eigenvalue weighted by Crippen LogP contribution is 2.27. The van der Waals surface area contributed by atoms with Gasteiger partial charge in [-0.15, -0.1) is 0 Å². The molecular weight excluding hydrogens is 366 g/mol. The topological polar surface area (TPSA) is 24.9 Å². The number of benzene rings is 1. The van der Waals surface area contributed by atoms with Gasteiger partial charge < -0.3 is 5.32 Å². The average Bonchev–Trinajstić information content (AvgIpc) is 2.41. The molecule has 1 N–H and O–H groups in total.